The van der Waals surface area contributed by atoms with Crippen molar-refractivity contribution in [1.82, 2.24) is 9.88 Å². The summed E-state index contributed by atoms with van der Waals surface area (Å²) in [7, 11) is 0. The number of hydrogen-bond donors (Lipinski definition) is 2. The van der Waals surface area contributed by atoms with Gasteiger partial charge < -0.3 is 14.9 Å². The molecule has 5 rings (SSSR count). The van der Waals surface area contributed by atoms with Gasteiger partial charge in [0.15, 0.2) is 0 Å². The van der Waals surface area contributed by atoms with E-state index in [0.29, 0.717) is 24.8 Å². The average molecular weight is 395 g/mol. The molecule has 2 aromatic rings. The van der Waals surface area contributed by atoms with E-state index >= 15 is 0 Å². The fraction of sp³-hybridized carbons (Fsp3) is 0.542. The zero-order chi connectivity index (χ0) is 20.0. The van der Waals surface area contributed by atoms with Gasteiger partial charge in [0.2, 0.25) is 0 Å². The average Bonchev–Trinajstić information content (AvgIpc) is 3.51. The Morgan fingerprint density at radius 3 is 2.69 bits per heavy atom. The Labute approximate surface area is 172 Å². The van der Waals surface area contributed by atoms with E-state index in [1.54, 1.807) is 0 Å². The minimum Gasteiger partial charge on any atom is -0.487 e. The highest BCUT2D eigenvalue weighted by molar-refractivity contribution is 5.47. The molecule has 5 heteroatoms. The Morgan fingerprint density at radius 1 is 1.14 bits per heavy atom. The lowest BCUT2D eigenvalue weighted by molar-refractivity contribution is -0.0977. The largest absolute Gasteiger partial charge is 0.487 e. The molecule has 2 N–H and O–H groups in total. The lowest BCUT2D eigenvalue weighted by Crippen LogP contribution is -2.39. The van der Waals surface area contributed by atoms with E-state index < -0.39 is 11.8 Å². The van der Waals surface area contributed by atoms with E-state index in [2.05, 4.69) is 28.1 Å². The molecule has 154 valence electrons. The van der Waals surface area contributed by atoms with Gasteiger partial charge in [-0.05, 0) is 62.3 Å². The molecule has 3 aliphatic rings. The molecule has 2 heterocycles. The molecule has 2 fully saturated rings. The van der Waals surface area contributed by atoms with Gasteiger partial charge in [-0.1, -0.05) is 24.6 Å². The number of aromatic nitrogens is 1. The van der Waals surface area contributed by atoms with Gasteiger partial charge in [0.05, 0.1) is 6.10 Å². The number of pyridine rings is 1. The van der Waals surface area contributed by atoms with E-state index in [0.717, 1.165) is 42.4 Å². The van der Waals surface area contributed by atoms with Gasteiger partial charge in [-0.15, -0.1) is 0 Å². The van der Waals surface area contributed by atoms with Crippen molar-refractivity contribution in [2.24, 2.45) is 0 Å². The molecule has 2 aliphatic carbocycles. The van der Waals surface area contributed by atoms with Crippen LogP contribution in [0.1, 0.15) is 73.8 Å². The molecular formula is C24H30N2O3. The molecule has 3 atom stereocenters. The van der Waals surface area contributed by atoms with Gasteiger partial charge in [-0.25, -0.2) is 0 Å². The lowest BCUT2D eigenvalue weighted by atomic mass is 9.94. The number of rotatable bonds is 5. The SMILES string of the molecule is C[C@@]1(O)c2c(cccc2O[C@H]2CCCC[C@@H]2O)CN1Cc1ccc(C2CC2)nc1. The van der Waals surface area contributed by atoms with Crippen LogP contribution in [0.4, 0.5) is 0 Å². The second-order valence-electron chi connectivity index (χ2n) is 9.04. The number of nitrogens with zero attached hydrogens (tertiary/aromatic N) is 2. The first-order valence-electron chi connectivity index (χ1n) is 10.9. The van der Waals surface area contributed by atoms with Crippen molar-refractivity contribution in [2.75, 3.05) is 0 Å². The minimum atomic E-state index is -1.12. The standard InChI is InChI=1S/C24H30N2O3/c1-24(28)23-18(5-4-8-22(23)29-21-7-3-2-6-20(21)27)15-26(24)14-16-9-12-19(25-13-16)17-10-11-17/h4-5,8-9,12-13,17,20-21,27-28H,2-3,6-7,10-11,14-15H2,1H3/t20-,21-,24+/m0/s1. The predicted octanol–water partition coefficient (Wildman–Crippen LogP) is 3.82. The van der Waals surface area contributed by atoms with Crippen molar-refractivity contribution < 1.29 is 14.9 Å². The predicted molar refractivity (Wildman–Crippen MR) is 110 cm³/mol. The van der Waals surface area contributed by atoms with Crippen LogP contribution in [-0.4, -0.2) is 32.3 Å². The van der Waals surface area contributed by atoms with Gasteiger partial charge in [0, 0.05) is 36.5 Å². The van der Waals surface area contributed by atoms with Gasteiger partial charge >= 0.3 is 0 Å². The number of benzene rings is 1. The van der Waals surface area contributed by atoms with Crippen molar-refractivity contribution in [2.45, 2.75) is 82.4 Å². The summed E-state index contributed by atoms with van der Waals surface area (Å²) in [5.74, 6) is 1.35. The molecule has 0 spiro atoms. The Kier molecular flexibility index (Phi) is 4.85. The van der Waals surface area contributed by atoms with Crippen LogP contribution in [0.25, 0.3) is 0 Å². The Hall–Kier alpha value is -1.95. The third kappa shape index (κ3) is 3.67. The quantitative estimate of drug-likeness (QED) is 0.807. The van der Waals surface area contributed by atoms with Crippen molar-refractivity contribution >= 4 is 0 Å². The third-order valence-corrected chi connectivity index (χ3v) is 6.73. The third-order valence-electron chi connectivity index (χ3n) is 6.73. The molecular weight excluding hydrogens is 364 g/mol. The second kappa shape index (κ2) is 7.38. The smallest absolute Gasteiger partial charge is 0.146 e. The molecule has 0 saturated heterocycles. The van der Waals surface area contributed by atoms with Crippen LogP contribution >= 0.6 is 0 Å². The fourth-order valence-electron chi connectivity index (χ4n) is 4.82. The van der Waals surface area contributed by atoms with E-state index in [1.807, 2.05) is 25.3 Å². The first-order chi connectivity index (χ1) is 14.0. The topological polar surface area (TPSA) is 65.8 Å². The van der Waals surface area contributed by atoms with E-state index in [4.69, 9.17) is 4.74 Å². The van der Waals surface area contributed by atoms with E-state index in [1.165, 1.54) is 18.5 Å². The molecule has 2 saturated carbocycles. The first-order valence-corrected chi connectivity index (χ1v) is 10.9. The highest BCUT2D eigenvalue weighted by Crippen LogP contribution is 2.44. The first kappa shape index (κ1) is 19.0. The van der Waals surface area contributed by atoms with Crippen LogP contribution in [0.5, 0.6) is 5.75 Å². The number of hydrogen-bond acceptors (Lipinski definition) is 5. The molecule has 1 aliphatic heterocycles. The van der Waals surface area contributed by atoms with Gasteiger partial charge in [0.25, 0.3) is 0 Å². The van der Waals surface area contributed by atoms with Gasteiger partial charge in [-0.3, -0.25) is 9.88 Å². The van der Waals surface area contributed by atoms with Gasteiger partial charge in [-0.2, -0.15) is 0 Å². The van der Waals surface area contributed by atoms with Crippen molar-refractivity contribution in [3.05, 3.63) is 58.9 Å². The molecule has 0 radical (unpaired) electrons. The number of aliphatic hydroxyl groups is 2. The van der Waals surface area contributed by atoms with Crippen LogP contribution in [0.15, 0.2) is 36.5 Å². The molecule has 0 amide bonds. The summed E-state index contributed by atoms with van der Waals surface area (Å²) in [6, 6.07) is 10.2. The van der Waals surface area contributed by atoms with Crippen LogP contribution < -0.4 is 4.74 Å². The molecule has 0 unspecified atom stereocenters. The maximum absolute atomic E-state index is 11.5. The Balaban J connectivity index is 1.36. The highest BCUT2D eigenvalue weighted by Gasteiger charge is 2.42. The summed E-state index contributed by atoms with van der Waals surface area (Å²) in [4.78, 5) is 6.69. The van der Waals surface area contributed by atoms with Crippen molar-refractivity contribution in [1.29, 1.82) is 0 Å². The molecule has 1 aromatic heterocycles. The zero-order valence-electron chi connectivity index (χ0n) is 17.1. The molecule has 29 heavy (non-hydrogen) atoms. The summed E-state index contributed by atoms with van der Waals surface area (Å²) in [6.45, 7) is 3.14. The monoisotopic (exact) mass is 394 g/mol. The van der Waals surface area contributed by atoms with Crippen molar-refractivity contribution in [3.8, 4) is 5.75 Å². The number of ether oxygens (including phenoxy) is 1. The van der Waals surface area contributed by atoms with E-state index in [9.17, 15) is 10.2 Å². The molecule has 0 bridgehead atoms. The maximum Gasteiger partial charge on any atom is 0.146 e. The van der Waals surface area contributed by atoms with Crippen LogP contribution in [0.3, 0.4) is 0 Å². The number of aliphatic hydroxyl groups excluding tert-OH is 1. The Bertz CT molecular complexity index is 876. The van der Waals surface area contributed by atoms with Gasteiger partial charge in [0.1, 0.15) is 17.6 Å². The van der Waals surface area contributed by atoms with Crippen LogP contribution in [0, 0.1) is 0 Å². The van der Waals surface area contributed by atoms with E-state index in [-0.39, 0.29) is 6.10 Å². The fourth-order valence-corrected chi connectivity index (χ4v) is 4.82. The highest BCUT2D eigenvalue weighted by atomic mass is 16.5. The number of fused-ring (bicyclic) bond motifs is 1. The summed E-state index contributed by atoms with van der Waals surface area (Å²) < 4.78 is 6.24. The molecule has 1 aromatic carbocycles. The second-order valence-corrected chi connectivity index (χ2v) is 9.04. The maximum atomic E-state index is 11.5. The van der Waals surface area contributed by atoms with Crippen LogP contribution in [0.2, 0.25) is 0 Å². The summed E-state index contributed by atoms with van der Waals surface area (Å²) in [5.41, 5.74) is 3.08. The van der Waals surface area contributed by atoms with Crippen molar-refractivity contribution in [3.63, 3.8) is 0 Å². The zero-order valence-corrected chi connectivity index (χ0v) is 17.1. The normalized spacial score (nSPS) is 29.6. The molecule has 5 nitrogen and oxygen atoms in total. The minimum absolute atomic E-state index is 0.195. The summed E-state index contributed by atoms with van der Waals surface area (Å²) in [6.07, 6.45) is 7.58. The summed E-state index contributed by atoms with van der Waals surface area (Å²) in [5, 5.41) is 21.8. The summed E-state index contributed by atoms with van der Waals surface area (Å²) >= 11 is 0. The van der Waals surface area contributed by atoms with Crippen LogP contribution in [-0.2, 0) is 18.8 Å². The Morgan fingerprint density at radius 2 is 1.97 bits per heavy atom. The lowest BCUT2D eigenvalue weighted by Gasteiger charge is -2.33.